The van der Waals surface area contributed by atoms with Gasteiger partial charge in [0.2, 0.25) is 0 Å². The molecule has 0 bridgehead atoms. The van der Waals surface area contributed by atoms with Gasteiger partial charge in [-0.2, -0.15) is 0 Å². The van der Waals surface area contributed by atoms with Crippen LogP contribution in [0.1, 0.15) is 35.2 Å². The highest BCUT2D eigenvalue weighted by Gasteiger charge is 2.19. The Morgan fingerprint density at radius 3 is 2.43 bits per heavy atom. The summed E-state index contributed by atoms with van der Waals surface area (Å²) in [5, 5.41) is 0. The third kappa shape index (κ3) is 3.86. The summed E-state index contributed by atoms with van der Waals surface area (Å²) in [6.07, 6.45) is 3.22. The molecular formula is C20H22N2O. The van der Waals surface area contributed by atoms with Crippen molar-refractivity contribution >= 4 is 17.3 Å². The smallest absolute Gasteiger partial charge is 0.182 e. The van der Waals surface area contributed by atoms with E-state index in [1.807, 2.05) is 30.3 Å². The van der Waals surface area contributed by atoms with Gasteiger partial charge in [-0.3, -0.25) is 9.79 Å². The molecule has 0 saturated heterocycles. The Balaban J connectivity index is 1.87. The molecule has 3 rings (SSSR count). The van der Waals surface area contributed by atoms with E-state index in [-0.39, 0.29) is 5.78 Å². The number of aliphatic imine (C=N–C) groups is 1. The van der Waals surface area contributed by atoms with Crippen LogP contribution in [0.3, 0.4) is 0 Å². The fraction of sp³-hybridized carbons (Fsp3) is 0.300. The number of benzene rings is 2. The van der Waals surface area contributed by atoms with Crippen LogP contribution in [0.25, 0.3) is 0 Å². The first-order valence-electron chi connectivity index (χ1n) is 8.20. The number of carbonyl (C=O) groups is 1. The topological polar surface area (TPSA) is 32.7 Å². The maximum absolute atomic E-state index is 12.6. The molecule has 3 heteroatoms. The number of amidine groups is 1. The van der Waals surface area contributed by atoms with Crippen LogP contribution in [-0.4, -0.2) is 24.7 Å². The van der Waals surface area contributed by atoms with E-state index < -0.39 is 0 Å². The van der Waals surface area contributed by atoms with Crippen molar-refractivity contribution in [2.75, 3.05) is 18.0 Å². The quantitative estimate of drug-likeness (QED) is 0.790. The SMILES string of the molecule is Cc1ccc(N(CC(=O)c2ccccc2)C2=NCCCC2)cc1. The molecule has 2 aromatic rings. The van der Waals surface area contributed by atoms with Crippen LogP contribution in [0.15, 0.2) is 59.6 Å². The first-order valence-corrected chi connectivity index (χ1v) is 8.20. The number of hydrogen-bond donors (Lipinski definition) is 0. The van der Waals surface area contributed by atoms with Gasteiger partial charge in [0.15, 0.2) is 5.78 Å². The number of nitrogens with zero attached hydrogens (tertiary/aromatic N) is 2. The molecule has 118 valence electrons. The Hall–Kier alpha value is -2.42. The third-order valence-corrected chi connectivity index (χ3v) is 4.16. The molecule has 0 radical (unpaired) electrons. The Labute approximate surface area is 137 Å². The lowest BCUT2D eigenvalue weighted by atomic mass is 10.1. The van der Waals surface area contributed by atoms with Gasteiger partial charge >= 0.3 is 0 Å². The van der Waals surface area contributed by atoms with E-state index in [0.29, 0.717) is 6.54 Å². The highest BCUT2D eigenvalue weighted by atomic mass is 16.1. The number of aryl methyl sites for hydroxylation is 1. The van der Waals surface area contributed by atoms with Gasteiger partial charge in [0.05, 0.1) is 6.54 Å². The molecule has 0 unspecified atom stereocenters. The van der Waals surface area contributed by atoms with E-state index in [0.717, 1.165) is 42.9 Å². The first kappa shape index (κ1) is 15.5. The Morgan fingerprint density at radius 2 is 1.78 bits per heavy atom. The average molecular weight is 306 g/mol. The zero-order chi connectivity index (χ0) is 16.1. The molecular weight excluding hydrogens is 284 g/mol. The highest BCUT2D eigenvalue weighted by Crippen LogP contribution is 2.20. The van der Waals surface area contributed by atoms with Crippen molar-refractivity contribution in [3.8, 4) is 0 Å². The molecule has 0 fully saturated rings. The molecule has 0 atom stereocenters. The largest absolute Gasteiger partial charge is 0.322 e. The minimum atomic E-state index is 0.124. The summed E-state index contributed by atoms with van der Waals surface area (Å²) in [6, 6.07) is 17.8. The van der Waals surface area contributed by atoms with E-state index in [2.05, 4.69) is 41.1 Å². The maximum atomic E-state index is 12.6. The Morgan fingerprint density at radius 1 is 1.04 bits per heavy atom. The maximum Gasteiger partial charge on any atom is 0.182 e. The third-order valence-electron chi connectivity index (χ3n) is 4.16. The van der Waals surface area contributed by atoms with Crippen molar-refractivity contribution in [1.82, 2.24) is 0 Å². The standard InChI is InChI=1S/C20H22N2O/c1-16-10-12-18(13-11-16)22(20-9-5-6-14-21-20)15-19(23)17-7-3-2-4-8-17/h2-4,7-8,10-13H,5-6,9,14-15H2,1H3. The van der Waals surface area contributed by atoms with E-state index in [1.54, 1.807) is 0 Å². The van der Waals surface area contributed by atoms with E-state index in [4.69, 9.17) is 0 Å². The summed E-state index contributed by atoms with van der Waals surface area (Å²) in [4.78, 5) is 19.4. The number of ketones is 1. The predicted molar refractivity (Wildman–Crippen MR) is 95.5 cm³/mol. The van der Waals surface area contributed by atoms with Crippen LogP contribution in [0.4, 0.5) is 5.69 Å². The lowest BCUT2D eigenvalue weighted by molar-refractivity contribution is 0.100. The predicted octanol–water partition coefficient (Wildman–Crippen LogP) is 4.27. The van der Waals surface area contributed by atoms with Crippen LogP contribution < -0.4 is 4.90 Å². The number of rotatable bonds is 4. The van der Waals surface area contributed by atoms with Gasteiger partial charge in [-0.05, 0) is 31.9 Å². The zero-order valence-electron chi connectivity index (χ0n) is 13.5. The normalized spacial score (nSPS) is 14.2. The van der Waals surface area contributed by atoms with Crippen molar-refractivity contribution in [2.24, 2.45) is 4.99 Å². The van der Waals surface area contributed by atoms with Crippen LogP contribution in [-0.2, 0) is 0 Å². The van der Waals surface area contributed by atoms with Crippen molar-refractivity contribution in [3.05, 3.63) is 65.7 Å². The fourth-order valence-electron chi connectivity index (χ4n) is 2.82. The fourth-order valence-corrected chi connectivity index (χ4v) is 2.82. The monoisotopic (exact) mass is 306 g/mol. The summed E-state index contributed by atoms with van der Waals surface area (Å²) in [7, 11) is 0. The Bertz CT molecular complexity index is 689. The summed E-state index contributed by atoms with van der Waals surface area (Å²) in [6.45, 7) is 3.27. The number of anilines is 1. The van der Waals surface area contributed by atoms with Crippen molar-refractivity contribution in [3.63, 3.8) is 0 Å². The average Bonchev–Trinajstić information content (AvgIpc) is 2.62. The van der Waals surface area contributed by atoms with Crippen molar-refractivity contribution in [1.29, 1.82) is 0 Å². The minimum Gasteiger partial charge on any atom is -0.322 e. The molecule has 2 aromatic carbocycles. The number of carbonyl (C=O) groups excluding carboxylic acids is 1. The van der Waals surface area contributed by atoms with Gasteiger partial charge in [0.1, 0.15) is 5.84 Å². The molecule has 1 heterocycles. The second-order valence-electron chi connectivity index (χ2n) is 5.97. The second kappa shape index (κ2) is 7.23. The van der Waals surface area contributed by atoms with Crippen LogP contribution in [0, 0.1) is 6.92 Å². The summed E-state index contributed by atoms with van der Waals surface area (Å²) >= 11 is 0. The van der Waals surface area contributed by atoms with E-state index in [1.165, 1.54) is 5.56 Å². The molecule has 0 saturated carbocycles. The van der Waals surface area contributed by atoms with Gasteiger partial charge in [-0.25, -0.2) is 0 Å². The Kier molecular flexibility index (Phi) is 4.86. The van der Waals surface area contributed by atoms with Crippen molar-refractivity contribution < 1.29 is 4.79 Å². The van der Waals surface area contributed by atoms with Gasteiger partial charge < -0.3 is 4.90 Å². The second-order valence-corrected chi connectivity index (χ2v) is 5.97. The van der Waals surface area contributed by atoms with Crippen LogP contribution >= 0.6 is 0 Å². The van der Waals surface area contributed by atoms with Gasteiger partial charge in [0, 0.05) is 24.2 Å². The molecule has 23 heavy (non-hydrogen) atoms. The molecule has 0 aliphatic carbocycles. The molecule has 3 nitrogen and oxygen atoms in total. The van der Waals surface area contributed by atoms with Crippen LogP contribution in [0.2, 0.25) is 0 Å². The molecule has 1 aliphatic rings. The summed E-state index contributed by atoms with van der Waals surface area (Å²) < 4.78 is 0. The summed E-state index contributed by atoms with van der Waals surface area (Å²) in [5.41, 5.74) is 3.01. The molecule has 0 spiro atoms. The van der Waals surface area contributed by atoms with Gasteiger partial charge in [0.25, 0.3) is 0 Å². The lowest BCUT2D eigenvalue weighted by Gasteiger charge is -2.28. The van der Waals surface area contributed by atoms with Crippen LogP contribution in [0.5, 0.6) is 0 Å². The minimum absolute atomic E-state index is 0.124. The first-order chi connectivity index (χ1) is 11.2. The number of hydrogen-bond acceptors (Lipinski definition) is 3. The van der Waals surface area contributed by atoms with Gasteiger partial charge in [-0.15, -0.1) is 0 Å². The lowest BCUT2D eigenvalue weighted by Crippen LogP contribution is -2.37. The molecule has 0 amide bonds. The molecule has 0 N–H and O–H groups in total. The van der Waals surface area contributed by atoms with Gasteiger partial charge in [-0.1, -0.05) is 48.0 Å². The van der Waals surface area contributed by atoms with E-state index in [9.17, 15) is 4.79 Å². The molecule has 0 aromatic heterocycles. The number of Topliss-reactive ketones (excluding diaryl/α,β-unsaturated/α-hetero) is 1. The molecule has 1 aliphatic heterocycles. The zero-order valence-corrected chi connectivity index (χ0v) is 13.5. The van der Waals surface area contributed by atoms with Crippen molar-refractivity contribution in [2.45, 2.75) is 26.2 Å². The summed E-state index contributed by atoms with van der Waals surface area (Å²) in [5.74, 6) is 1.16. The highest BCUT2D eigenvalue weighted by molar-refractivity contribution is 6.07. The van der Waals surface area contributed by atoms with E-state index >= 15 is 0 Å².